The van der Waals surface area contributed by atoms with Gasteiger partial charge in [-0.15, -0.1) is 12.4 Å². The maximum absolute atomic E-state index is 5.37. The van der Waals surface area contributed by atoms with Crippen molar-refractivity contribution in [2.75, 3.05) is 12.3 Å². The fourth-order valence-corrected chi connectivity index (χ4v) is 0.194. The lowest BCUT2D eigenvalue weighted by atomic mass is 9.97. The molecule has 0 fully saturated rings. The quantitative estimate of drug-likeness (QED) is 0.579. The molecule has 0 rings (SSSR count). The Morgan fingerprint density at radius 2 is 1.88 bits per heavy atom. The van der Waals surface area contributed by atoms with Gasteiger partial charge in [0.25, 0.3) is 0 Å². The van der Waals surface area contributed by atoms with Crippen molar-refractivity contribution in [3.05, 3.63) is 0 Å². The third-order valence-electron chi connectivity index (χ3n) is 0.981. The average Bonchev–Trinajstić information content (AvgIpc) is 1.68. The van der Waals surface area contributed by atoms with Gasteiger partial charge in [0.1, 0.15) is 0 Å². The molecule has 0 bridgehead atoms. The summed E-state index contributed by atoms with van der Waals surface area (Å²) in [5.41, 5.74) is 5.59. The van der Waals surface area contributed by atoms with E-state index in [-0.39, 0.29) is 17.8 Å². The van der Waals surface area contributed by atoms with Crippen LogP contribution in [0.3, 0.4) is 0 Å². The second kappa shape index (κ2) is 4.48. The molecule has 1 nitrogen and oxygen atoms in total. The van der Waals surface area contributed by atoms with Gasteiger partial charge in [-0.3, -0.25) is 0 Å². The molecule has 0 amide bonds. The van der Waals surface area contributed by atoms with Crippen LogP contribution in [-0.2, 0) is 0 Å². The van der Waals surface area contributed by atoms with Crippen molar-refractivity contribution in [1.82, 2.24) is 0 Å². The van der Waals surface area contributed by atoms with Gasteiger partial charge >= 0.3 is 0 Å². The zero-order valence-corrected chi connectivity index (χ0v) is 7.06. The second-order valence-electron chi connectivity index (χ2n) is 2.53. The van der Waals surface area contributed by atoms with Gasteiger partial charge in [0.2, 0.25) is 0 Å². The molecule has 0 atom stereocenters. The topological polar surface area (TPSA) is 26.0 Å². The summed E-state index contributed by atoms with van der Waals surface area (Å²) < 4.78 is 0. The van der Waals surface area contributed by atoms with E-state index in [1.165, 1.54) is 0 Å². The molecule has 0 aromatic rings. The lowest BCUT2D eigenvalue weighted by molar-refractivity contribution is 0.440. The van der Waals surface area contributed by atoms with E-state index in [0.29, 0.717) is 0 Å². The molecule has 0 saturated carbocycles. The summed E-state index contributed by atoms with van der Waals surface area (Å²) in [5, 5.41) is 0. The fraction of sp³-hybridized carbons (Fsp3) is 1.00. The molecule has 0 unspecified atom stereocenters. The Bertz CT molecular complexity index is 50.4. The van der Waals surface area contributed by atoms with E-state index < -0.39 is 0 Å². The van der Waals surface area contributed by atoms with E-state index in [1.54, 1.807) is 0 Å². The molecule has 0 saturated heterocycles. The first-order valence-corrected chi connectivity index (χ1v) is 3.06. The van der Waals surface area contributed by atoms with E-state index in [4.69, 9.17) is 5.73 Å². The number of hydrogen-bond acceptors (Lipinski definition) is 2. The van der Waals surface area contributed by atoms with Gasteiger partial charge in [0.05, 0.1) is 0 Å². The van der Waals surface area contributed by atoms with E-state index in [1.807, 2.05) is 0 Å². The van der Waals surface area contributed by atoms with E-state index >= 15 is 0 Å². The van der Waals surface area contributed by atoms with Crippen LogP contribution >= 0.6 is 25.0 Å². The fourth-order valence-electron chi connectivity index (χ4n) is 0.0645. The number of nitrogens with two attached hydrogens (primary N) is 1. The van der Waals surface area contributed by atoms with Crippen molar-refractivity contribution in [2.24, 2.45) is 11.1 Å². The minimum Gasteiger partial charge on any atom is -0.330 e. The molecule has 8 heavy (non-hydrogen) atoms. The highest BCUT2D eigenvalue weighted by molar-refractivity contribution is 7.80. The lowest BCUT2D eigenvalue weighted by Crippen LogP contribution is -2.24. The van der Waals surface area contributed by atoms with E-state index in [0.717, 1.165) is 12.3 Å². The minimum absolute atomic E-state index is 0. The lowest BCUT2D eigenvalue weighted by Gasteiger charge is -2.17. The second-order valence-corrected chi connectivity index (χ2v) is 2.84. The van der Waals surface area contributed by atoms with Gasteiger partial charge in [-0.2, -0.15) is 12.6 Å². The number of thiol groups is 1. The summed E-state index contributed by atoms with van der Waals surface area (Å²) in [5.74, 6) is 0.865. The SMILES string of the molecule is CC(C)(CN)CS.Cl. The Kier molecular flexibility index (Phi) is 6.38. The summed E-state index contributed by atoms with van der Waals surface area (Å²) in [6, 6.07) is 0. The molecule has 0 heterocycles. The zero-order chi connectivity index (χ0) is 5.91. The van der Waals surface area contributed by atoms with Crippen LogP contribution in [0.1, 0.15) is 13.8 Å². The smallest absolute Gasteiger partial charge is 0.00180 e. The van der Waals surface area contributed by atoms with Crippen LogP contribution < -0.4 is 5.73 Å². The normalized spacial score (nSPS) is 10.5. The van der Waals surface area contributed by atoms with Gasteiger partial charge in [-0.05, 0) is 17.7 Å². The van der Waals surface area contributed by atoms with Crippen molar-refractivity contribution >= 4 is 25.0 Å². The van der Waals surface area contributed by atoms with Crippen LogP contribution in [0, 0.1) is 5.41 Å². The highest BCUT2D eigenvalue weighted by Crippen LogP contribution is 2.12. The van der Waals surface area contributed by atoms with Crippen LogP contribution in [0.2, 0.25) is 0 Å². The maximum atomic E-state index is 5.37. The van der Waals surface area contributed by atoms with Crippen molar-refractivity contribution < 1.29 is 0 Å². The van der Waals surface area contributed by atoms with Gasteiger partial charge < -0.3 is 5.73 Å². The molecule has 0 aliphatic carbocycles. The molecule has 0 aliphatic heterocycles. The van der Waals surface area contributed by atoms with E-state index in [2.05, 4.69) is 26.5 Å². The van der Waals surface area contributed by atoms with Crippen LogP contribution in [0.5, 0.6) is 0 Å². The third-order valence-corrected chi connectivity index (χ3v) is 1.84. The van der Waals surface area contributed by atoms with Crippen LogP contribution in [0.4, 0.5) is 0 Å². The third kappa shape index (κ3) is 4.75. The summed E-state index contributed by atoms with van der Waals surface area (Å²) in [7, 11) is 0. The van der Waals surface area contributed by atoms with Crippen LogP contribution in [-0.4, -0.2) is 12.3 Å². The van der Waals surface area contributed by atoms with Gasteiger partial charge in [0.15, 0.2) is 0 Å². The number of hydrogen-bond donors (Lipinski definition) is 2. The monoisotopic (exact) mass is 155 g/mol. The molecule has 3 heteroatoms. The van der Waals surface area contributed by atoms with Gasteiger partial charge in [-0.1, -0.05) is 13.8 Å². The van der Waals surface area contributed by atoms with E-state index in [9.17, 15) is 0 Å². The number of rotatable bonds is 2. The maximum Gasteiger partial charge on any atom is -0.00180 e. The number of halogens is 1. The molecule has 0 aromatic heterocycles. The Labute approximate surface area is 62.8 Å². The summed E-state index contributed by atoms with van der Waals surface area (Å²) in [4.78, 5) is 0. The van der Waals surface area contributed by atoms with Gasteiger partial charge in [-0.25, -0.2) is 0 Å². The van der Waals surface area contributed by atoms with Crippen LogP contribution in [0.25, 0.3) is 0 Å². The highest BCUT2D eigenvalue weighted by Gasteiger charge is 2.10. The highest BCUT2D eigenvalue weighted by atomic mass is 35.5. The largest absolute Gasteiger partial charge is 0.330 e. The predicted molar refractivity (Wildman–Crippen MR) is 43.9 cm³/mol. The van der Waals surface area contributed by atoms with Crippen LogP contribution in [0.15, 0.2) is 0 Å². The van der Waals surface area contributed by atoms with Gasteiger partial charge in [0, 0.05) is 0 Å². The first-order chi connectivity index (χ1) is 3.12. The summed E-state index contributed by atoms with van der Waals surface area (Å²) in [6.45, 7) is 4.91. The average molecular weight is 156 g/mol. The Morgan fingerprint density at radius 1 is 1.50 bits per heavy atom. The van der Waals surface area contributed by atoms with Crippen molar-refractivity contribution in [1.29, 1.82) is 0 Å². The molecule has 0 spiro atoms. The molecule has 2 N–H and O–H groups in total. The summed E-state index contributed by atoms with van der Waals surface area (Å²) in [6.07, 6.45) is 0. The summed E-state index contributed by atoms with van der Waals surface area (Å²) >= 11 is 4.10. The Balaban J connectivity index is 0. The van der Waals surface area contributed by atoms with Crippen molar-refractivity contribution in [3.8, 4) is 0 Å². The Hall–Kier alpha value is 0.600. The zero-order valence-electron chi connectivity index (χ0n) is 5.35. The predicted octanol–water partition coefficient (Wildman–Crippen LogP) is 1.32. The molecule has 0 radical (unpaired) electrons. The first kappa shape index (κ1) is 11.4. The standard InChI is InChI=1S/C5H13NS.ClH/c1-5(2,3-6)4-7;/h7H,3-4,6H2,1-2H3;1H. The Morgan fingerprint density at radius 3 is 1.88 bits per heavy atom. The minimum atomic E-state index is 0. The molecule has 0 aliphatic rings. The molecular formula is C5H14ClNS. The molecular weight excluding hydrogens is 142 g/mol. The van der Waals surface area contributed by atoms with Crippen molar-refractivity contribution in [3.63, 3.8) is 0 Å². The first-order valence-electron chi connectivity index (χ1n) is 2.43. The van der Waals surface area contributed by atoms with Crippen molar-refractivity contribution in [2.45, 2.75) is 13.8 Å². The molecule has 0 aromatic carbocycles. The molecule has 52 valence electrons.